The van der Waals surface area contributed by atoms with Crippen molar-refractivity contribution < 1.29 is 0 Å². The molecule has 0 amide bonds. The third-order valence-corrected chi connectivity index (χ3v) is 14.7. The van der Waals surface area contributed by atoms with E-state index >= 15 is 0 Å². The molecule has 0 saturated carbocycles. The number of nitrogens with zero attached hydrogens (tertiary/aromatic N) is 4. The predicted molar refractivity (Wildman–Crippen MR) is 296 cm³/mol. The summed E-state index contributed by atoms with van der Waals surface area (Å²) in [6, 6.07) is 26.9. The van der Waals surface area contributed by atoms with Crippen molar-refractivity contribution in [3.05, 3.63) is 133 Å². The van der Waals surface area contributed by atoms with Gasteiger partial charge >= 0.3 is 413 Å². The molecule has 4 rings (SSSR count). The molecule has 0 radical (unpaired) electrons. The summed E-state index contributed by atoms with van der Waals surface area (Å²) >= 11 is -0.643. The van der Waals surface area contributed by atoms with Crippen LogP contribution in [0.1, 0.15) is 244 Å². The second kappa shape index (κ2) is 22.8. The summed E-state index contributed by atoms with van der Waals surface area (Å²) in [6.45, 7) is 50.6. The van der Waals surface area contributed by atoms with Gasteiger partial charge in [0.2, 0.25) is 0 Å². The Kier molecular flexibility index (Phi) is 18.9. The maximum absolute atomic E-state index is 6.02. The van der Waals surface area contributed by atoms with Gasteiger partial charge in [0.25, 0.3) is 0 Å². The summed E-state index contributed by atoms with van der Waals surface area (Å²) in [5.74, 6) is 2.98. The number of hydrogen-bond donors (Lipinski definition) is 0. The van der Waals surface area contributed by atoms with Crippen LogP contribution < -0.4 is 0 Å². The number of para-hydroxylation sites is 4. The zero-order valence-electron chi connectivity index (χ0n) is 45.5. The van der Waals surface area contributed by atoms with E-state index in [1.54, 1.807) is 0 Å². The van der Waals surface area contributed by atoms with Gasteiger partial charge in [-0.3, -0.25) is 0 Å². The first kappa shape index (κ1) is 54.6. The fourth-order valence-electron chi connectivity index (χ4n) is 8.49. The van der Waals surface area contributed by atoms with Gasteiger partial charge in [-0.2, -0.15) is 0 Å². The molecule has 5 heteroatoms. The summed E-state index contributed by atoms with van der Waals surface area (Å²) < 4.78 is 2.27. The average Bonchev–Trinajstić information content (AvgIpc) is 3.21. The molecule has 4 aromatic carbocycles. The Bertz CT molecular complexity index is 2300. The molecule has 0 unspecified atom stereocenters. The predicted octanol–water partition coefficient (Wildman–Crippen LogP) is 19.6. The SMILES string of the molecule is CC(C)c1cccc(C(C)C)c1N=C([N-]c1c(C(C)C)cccc1C(C)C)[C](=Nc1c(C(C)C)cccc1C(C)C)[Al+]/[C](=C\C(=Nc1c(C(C)C)cccc1C(C)C)C(C)(C)C)C(C)(C)C. The van der Waals surface area contributed by atoms with Gasteiger partial charge in [-0.15, -0.1) is 0 Å². The molecule has 354 valence electrons. The quantitative estimate of drug-likeness (QED) is 0.0611. The van der Waals surface area contributed by atoms with Crippen LogP contribution in [0.15, 0.2) is 98.3 Å². The van der Waals surface area contributed by atoms with Crippen LogP contribution in [0.4, 0.5) is 22.7 Å². The van der Waals surface area contributed by atoms with Crippen LogP contribution in [-0.4, -0.2) is 31.3 Å². The molecule has 0 aliphatic carbocycles. The van der Waals surface area contributed by atoms with Crippen molar-refractivity contribution in [1.29, 1.82) is 0 Å². The van der Waals surface area contributed by atoms with E-state index in [-0.39, 0.29) is 46.3 Å². The molecule has 4 aromatic rings. The summed E-state index contributed by atoms with van der Waals surface area (Å²) in [5.41, 5.74) is 14.8. The number of amidine groups is 1. The van der Waals surface area contributed by atoms with Gasteiger partial charge in [0.1, 0.15) is 0 Å². The molecular formula is C61H87AlN4. The van der Waals surface area contributed by atoms with Crippen molar-refractivity contribution in [2.45, 2.75) is 200 Å². The van der Waals surface area contributed by atoms with Gasteiger partial charge < -0.3 is 0 Å². The van der Waals surface area contributed by atoms with E-state index < -0.39 is 15.2 Å². The zero-order valence-corrected chi connectivity index (χ0v) is 46.6. The number of rotatable bonds is 16. The molecule has 0 saturated heterocycles. The van der Waals surface area contributed by atoms with Crippen molar-refractivity contribution in [2.75, 3.05) is 0 Å². The van der Waals surface area contributed by atoms with Gasteiger partial charge in [0, 0.05) is 0 Å². The van der Waals surface area contributed by atoms with Crippen molar-refractivity contribution in [1.82, 2.24) is 0 Å². The first-order valence-corrected chi connectivity index (χ1v) is 26.4. The molecule has 0 aliphatic heterocycles. The van der Waals surface area contributed by atoms with Crippen LogP contribution in [0.5, 0.6) is 0 Å². The van der Waals surface area contributed by atoms with Crippen molar-refractivity contribution in [2.24, 2.45) is 25.8 Å². The molecule has 0 N–H and O–H groups in total. The summed E-state index contributed by atoms with van der Waals surface area (Å²) in [5, 5.41) is 5.92. The van der Waals surface area contributed by atoms with E-state index in [9.17, 15) is 0 Å². The molecule has 0 bridgehead atoms. The monoisotopic (exact) mass is 903 g/mol. The number of allylic oxidation sites excluding steroid dienone is 2. The summed E-state index contributed by atoms with van der Waals surface area (Å²) in [6.07, 6.45) is 2.45. The molecule has 0 spiro atoms. The molecule has 0 fully saturated rings. The normalized spacial score (nSPS) is 13.8. The van der Waals surface area contributed by atoms with Crippen molar-refractivity contribution in [3.63, 3.8) is 0 Å². The molecular weight excluding hydrogens is 816 g/mol. The Morgan fingerprint density at radius 2 is 0.697 bits per heavy atom. The Labute approximate surface area is 410 Å². The number of aliphatic imine (C=N–C) groups is 3. The van der Waals surface area contributed by atoms with Crippen molar-refractivity contribution in [3.8, 4) is 0 Å². The Morgan fingerprint density at radius 3 is 0.985 bits per heavy atom. The van der Waals surface area contributed by atoms with E-state index in [0.29, 0.717) is 17.7 Å². The van der Waals surface area contributed by atoms with Gasteiger partial charge in [0.05, 0.1) is 0 Å². The fourth-order valence-corrected chi connectivity index (χ4v) is 9.91. The van der Waals surface area contributed by atoms with Crippen LogP contribution >= 0.6 is 0 Å². The molecule has 0 aliphatic rings. The minimum atomic E-state index is -0.643. The van der Waals surface area contributed by atoms with E-state index in [4.69, 9.17) is 20.3 Å². The topological polar surface area (TPSA) is 51.2 Å². The van der Waals surface area contributed by atoms with Gasteiger partial charge in [-0.25, -0.2) is 0 Å². The van der Waals surface area contributed by atoms with Crippen molar-refractivity contribution >= 4 is 54.1 Å². The Balaban J connectivity index is 2.32. The van der Waals surface area contributed by atoms with Crippen LogP contribution in [0.2, 0.25) is 0 Å². The zero-order chi connectivity index (χ0) is 49.6. The first-order valence-electron chi connectivity index (χ1n) is 25.2. The molecule has 66 heavy (non-hydrogen) atoms. The molecule has 0 atom stereocenters. The summed E-state index contributed by atoms with van der Waals surface area (Å²) in [7, 11) is 0. The van der Waals surface area contributed by atoms with E-state index in [1.807, 2.05) is 0 Å². The van der Waals surface area contributed by atoms with Gasteiger partial charge in [0.15, 0.2) is 0 Å². The van der Waals surface area contributed by atoms with Gasteiger partial charge in [-0.05, 0) is 0 Å². The third kappa shape index (κ3) is 13.6. The fraction of sp³-hybridized carbons (Fsp3) is 0.525. The second-order valence-corrected chi connectivity index (χ2v) is 24.6. The second-order valence-electron chi connectivity index (χ2n) is 23.2. The van der Waals surface area contributed by atoms with E-state index in [0.717, 1.165) is 33.0 Å². The molecule has 0 heterocycles. The van der Waals surface area contributed by atoms with Crippen LogP contribution in [-0.2, 0) is 0 Å². The first-order chi connectivity index (χ1) is 30.6. The van der Waals surface area contributed by atoms with Crippen LogP contribution in [0.25, 0.3) is 5.32 Å². The minimum absolute atomic E-state index is 0.220. The van der Waals surface area contributed by atoms with Crippen LogP contribution in [0.3, 0.4) is 0 Å². The van der Waals surface area contributed by atoms with E-state index in [2.05, 4.69) is 231 Å². The van der Waals surface area contributed by atoms with E-state index in [1.165, 1.54) is 48.9 Å². The average molecular weight is 903 g/mol. The number of benzene rings is 4. The Morgan fingerprint density at radius 1 is 0.409 bits per heavy atom. The summed E-state index contributed by atoms with van der Waals surface area (Å²) in [4.78, 5) is 17.7. The van der Waals surface area contributed by atoms with Gasteiger partial charge in [-0.1, -0.05) is 0 Å². The molecule has 4 nitrogen and oxygen atoms in total. The van der Waals surface area contributed by atoms with Crippen LogP contribution in [0, 0.1) is 10.8 Å². The Hall–Kier alpha value is -4.04. The molecule has 0 aromatic heterocycles. The third-order valence-electron chi connectivity index (χ3n) is 12.7. The standard InChI is InChI=1S/C38H51N3.C23H36N.Al/c1-23(2)29-16-13-17-30(24(3)4)36(29)39-22-35(40-37-31(25(5)6)18-14-19-32(37)26(7)8)41-38-33(27(9)10)20-15-21-34(38)28(11)12;1-16(2)18-12-11-13-19(17(3)4)21(18)24-20(23(8,9)10)14-15-22(5,6)7;/h13-21,23-28H,1-12H3;11-14,16-17H,1-10H3;/q-1;;+1. The maximum atomic E-state index is 6.02. The number of hydrogen-bond acceptors (Lipinski definition) is 3.